The average molecular weight is 399 g/mol. The largest absolute Gasteiger partial charge is 0.445 e. The third-order valence-electron chi connectivity index (χ3n) is 5.06. The van der Waals surface area contributed by atoms with Crippen LogP contribution in [0.25, 0.3) is 0 Å². The van der Waals surface area contributed by atoms with Crippen LogP contribution >= 0.6 is 11.8 Å². The standard InChI is InChI=1S/C23H30N2O2S/c26-23(27-19-20-10-4-1-5-11-20)24-18-21(25-15-8-3-9-16-25)14-17-28-22-12-6-2-7-13-22/h1-2,4-7,10-13,21H,3,8-9,14-19H2,(H,24,26). The van der Waals surface area contributed by atoms with E-state index in [4.69, 9.17) is 4.74 Å². The number of hydrogen-bond donors (Lipinski definition) is 1. The Bertz CT molecular complexity index is 690. The van der Waals surface area contributed by atoms with Gasteiger partial charge in [-0.25, -0.2) is 4.79 Å². The number of rotatable bonds is 9. The second kappa shape index (κ2) is 11.8. The predicted octanol–water partition coefficient (Wildman–Crippen LogP) is 4.95. The van der Waals surface area contributed by atoms with Crippen LogP contribution in [0.1, 0.15) is 31.2 Å². The van der Waals surface area contributed by atoms with Crippen LogP contribution in [-0.4, -0.2) is 42.4 Å². The summed E-state index contributed by atoms with van der Waals surface area (Å²) >= 11 is 1.88. The number of piperidine rings is 1. The van der Waals surface area contributed by atoms with E-state index in [1.165, 1.54) is 24.2 Å². The van der Waals surface area contributed by atoms with E-state index < -0.39 is 0 Å². The highest BCUT2D eigenvalue weighted by atomic mass is 32.2. The van der Waals surface area contributed by atoms with Gasteiger partial charge in [-0.1, -0.05) is 55.0 Å². The van der Waals surface area contributed by atoms with Crippen molar-refractivity contribution >= 4 is 17.9 Å². The highest BCUT2D eigenvalue weighted by Gasteiger charge is 2.21. The Hall–Kier alpha value is -1.98. The van der Waals surface area contributed by atoms with Crippen molar-refractivity contribution in [3.05, 3.63) is 66.2 Å². The summed E-state index contributed by atoms with van der Waals surface area (Å²) in [6.07, 6.45) is 4.54. The number of likely N-dealkylation sites (tertiary alicyclic amines) is 1. The number of carbonyl (C=O) groups excluding carboxylic acids is 1. The normalized spacial score (nSPS) is 15.7. The van der Waals surface area contributed by atoms with Crippen LogP contribution in [0.2, 0.25) is 0 Å². The van der Waals surface area contributed by atoms with Gasteiger partial charge in [-0.3, -0.25) is 4.90 Å². The molecular formula is C23H30N2O2S. The number of amides is 1. The molecule has 3 rings (SSSR count). The number of carbonyl (C=O) groups is 1. The van der Waals surface area contributed by atoms with Gasteiger partial charge >= 0.3 is 6.09 Å². The van der Waals surface area contributed by atoms with Crippen molar-refractivity contribution in [2.24, 2.45) is 0 Å². The molecule has 1 aliphatic heterocycles. The van der Waals surface area contributed by atoms with Gasteiger partial charge in [-0.05, 0) is 55.8 Å². The second-order valence-corrected chi connectivity index (χ2v) is 8.31. The maximum atomic E-state index is 12.1. The predicted molar refractivity (Wildman–Crippen MR) is 116 cm³/mol. The number of benzene rings is 2. The first-order valence-electron chi connectivity index (χ1n) is 10.2. The zero-order chi connectivity index (χ0) is 19.4. The van der Waals surface area contributed by atoms with Crippen LogP contribution in [0.5, 0.6) is 0 Å². The topological polar surface area (TPSA) is 41.6 Å². The molecule has 1 atom stereocenters. The van der Waals surface area contributed by atoms with Crippen LogP contribution < -0.4 is 5.32 Å². The van der Waals surface area contributed by atoms with Gasteiger partial charge < -0.3 is 10.1 Å². The molecular weight excluding hydrogens is 368 g/mol. The molecule has 0 aliphatic carbocycles. The smallest absolute Gasteiger partial charge is 0.407 e. The summed E-state index contributed by atoms with van der Waals surface area (Å²) in [5.41, 5.74) is 1.00. The van der Waals surface area contributed by atoms with Gasteiger partial charge in [0.25, 0.3) is 0 Å². The van der Waals surface area contributed by atoms with Crippen molar-refractivity contribution in [1.82, 2.24) is 10.2 Å². The van der Waals surface area contributed by atoms with Crippen LogP contribution in [0.15, 0.2) is 65.6 Å². The Morgan fingerprint density at radius 3 is 2.39 bits per heavy atom. The molecule has 2 aromatic rings. The molecule has 1 saturated heterocycles. The Morgan fingerprint density at radius 2 is 1.68 bits per heavy atom. The van der Waals surface area contributed by atoms with Gasteiger partial charge in [-0.2, -0.15) is 0 Å². The van der Waals surface area contributed by atoms with E-state index >= 15 is 0 Å². The second-order valence-electron chi connectivity index (χ2n) is 7.14. The molecule has 0 saturated carbocycles. The summed E-state index contributed by atoms with van der Waals surface area (Å²) in [7, 11) is 0. The van der Waals surface area contributed by atoms with E-state index in [1.807, 2.05) is 48.2 Å². The summed E-state index contributed by atoms with van der Waals surface area (Å²) in [5, 5.41) is 2.99. The van der Waals surface area contributed by atoms with Gasteiger partial charge in [0.1, 0.15) is 6.61 Å². The molecule has 5 heteroatoms. The molecule has 1 N–H and O–H groups in total. The molecule has 2 aromatic carbocycles. The molecule has 0 radical (unpaired) electrons. The van der Waals surface area contributed by atoms with Crippen LogP contribution in [0.4, 0.5) is 4.79 Å². The fraction of sp³-hybridized carbons (Fsp3) is 0.435. The number of thioether (sulfide) groups is 1. The maximum Gasteiger partial charge on any atom is 0.407 e. The minimum Gasteiger partial charge on any atom is -0.445 e. The Morgan fingerprint density at radius 1 is 1.00 bits per heavy atom. The van der Waals surface area contributed by atoms with E-state index in [-0.39, 0.29) is 6.09 Å². The van der Waals surface area contributed by atoms with Gasteiger partial charge in [0, 0.05) is 17.5 Å². The van der Waals surface area contributed by atoms with Gasteiger partial charge in [0.2, 0.25) is 0 Å². The highest BCUT2D eigenvalue weighted by molar-refractivity contribution is 7.99. The third kappa shape index (κ3) is 7.21. The minimum absolute atomic E-state index is 0.310. The summed E-state index contributed by atoms with van der Waals surface area (Å²) < 4.78 is 5.37. The first-order chi connectivity index (χ1) is 13.8. The molecule has 150 valence electrons. The molecule has 1 amide bonds. The number of ether oxygens (including phenoxy) is 1. The quantitative estimate of drug-likeness (QED) is 0.607. The van der Waals surface area contributed by atoms with Crippen molar-refractivity contribution in [3.8, 4) is 0 Å². The molecule has 0 aromatic heterocycles. The monoisotopic (exact) mass is 398 g/mol. The van der Waals surface area contributed by atoms with Crippen molar-refractivity contribution in [2.45, 2.75) is 43.2 Å². The summed E-state index contributed by atoms with van der Waals surface area (Å²) in [5.74, 6) is 1.05. The fourth-order valence-corrected chi connectivity index (χ4v) is 4.48. The minimum atomic E-state index is -0.332. The molecule has 1 heterocycles. The van der Waals surface area contributed by atoms with E-state index in [0.717, 1.165) is 30.8 Å². The fourth-order valence-electron chi connectivity index (χ4n) is 3.50. The Kier molecular flexibility index (Phi) is 8.72. The van der Waals surface area contributed by atoms with Gasteiger partial charge in [0.05, 0.1) is 0 Å². The zero-order valence-electron chi connectivity index (χ0n) is 16.4. The maximum absolute atomic E-state index is 12.1. The zero-order valence-corrected chi connectivity index (χ0v) is 17.2. The average Bonchev–Trinajstić information content (AvgIpc) is 2.76. The summed E-state index contributed by atoms with van der Waals surface area (Å²) in [6, 6.07) is 20.7. The molecule has 1 fully saturated rings. The SMILES string of the molecule is O=C(NCC(CCSc1ccccc1)N1CCCCC1)OCc1ccccc1. The van der Waals surface area contributed by atoms with Crippen molar-refractivity contribution in [2.75, 3.05) is 25.4 Å². The molecule has 1 aliphatic rings. The first-order valence-corrected chi connectivity index (χ1v) is 11.2. The molecule has 1 unspecified atom stereocenters. The van der Waals surface area contributed by atoms with Crippen molar-refractivity contribution in [1.29, 1.82) is 0 Å². The van der Waals surface area contributed by atoms with Gasteiger partial charge in [-0.15, -0.1) is 11.8 Å². The van der Waals surface area contributed by atoms with Crippen LogP contribution in [0.3, 0.4) is 0 Å². The van der Waals surface area contributed by atoms with Crippen molar-refractivity contribution < 1.29 is 9.53 Å². The van der Waals surface area contributed by atoms with Crippen molar-refractivity contribution in [3.63, 3.8) is 0 Å². The Balaban J connectivity index is 1.45. The van der Waals surface area contributed by atoms with E-state index in [0.29, 0.717) is 19.2 Å². The van der Waals surface area contributed by atoms with Gasteiger partial charge in [0.15, 0.2) is 0 Å². The third-order valence-corrected chi connectivity index (χ3v) is 6.11. The number of nitrogens with one attached hydrogen (secondary N) is 1. The van der Waals surface area contributed by atoms with E-state index in [9.17, 15) is 4.79 Å². The molecule has 0 bridgehead atoms. The van der Waals surface area contributed by atoms with E-state index in [1.54, 1.807) is 0 Å². The molecule has 4 nitrogen and oxygen atoms in total. The lowest BCUT2D eigenvalue weighted by atomic mass is 10.1. The molecule has 0 spiro atoms. The number of alkyl carbamates (subject to hydrolysis) is 1. The molecule has 28 heavy (non-hydrogen) atoms. The lowest BCUT2D eigenvalue weighted by molar-refractivity contribution is 0.126. The van der Waals surface area contributed by atoms with Crippen LogP contribution in [0, 0.1) is 0 Å². The van der Waals surface area contributed by atoms with Crippen LogP contribution in [-0.2, 0) is 11.3 Å². The Labute approximate surface area is 172 Å². The number of hydrogen-bond acceptors (Lipinski definition) is 4. The van der Waals surface area contributed by atoms with E-state index in [2.05, 4.69) is 34.5 Å². The highest BCUT2D eigenvalue weighted by Crippen LogP contribution is 2.21. The summed E-state index contributed by atoms with van der Waals surface area (Å²) in [6.45, 7) is 3.21. The first kappa shape index (κ1) is 20.7. The lowest BCUT2D eigenvalue weighted by Crippen LogP contribution is -2.46. The lowest BCUT2D eigenvalue weighted by Gasteiger charge is -2.34. The number of nitrogens with zero attached hydrogens (tertiary/aromatic N) is 1. The summed E-state index contributed by atoms with van der Waals surface area (Å²) in [4.78, 5) is 16.0.